The molecule has 220 valence electrons. The lowest BCUT2D eigenvalue weighted by Gasteiger charge is -2.26. The standard InChI is InChI=1S/C33H27Cl3N2O5/c34-27-2-1-3-28(35)30(27)31-26(32(43-37-31)23-6-7-23)19-42-25-9-8-22(29(36)17-25)5-4-20-14-21(16-24(15-20)33(39)40)18-38-10-12-41-13-11-38/h1-3,8-9,14-17,23H,6-7,10-13,18-19H2,(H,39,40). The first-order valence-corrected chi connectivity index (χ1v) is 15.0. The van der Waals surface area contributed by atoms with Gasteiger partial charge in [0.25, 0.3) is 0 Å². The van der Waals surface area contributed by atoms with E-state index in [0.717, 1.165) is 42.8 Å². The number of carboxylic acid groups (broad SMARTS) is 1. The number of carboxylic acids is 1. The van der Waals surface area contributed by atoms with Gasteiger partial charge in [-0.05, 0) is 60.9 Å². The van der Waals surface area contributed by atoms with E-state index in [-0.39, 0.29) is 12.2 Å². The molecule has 4 aromatic rings. The molecule has 1 aliphatic carbocycles. The largest absolute Gasteiger partial charge is 0.489 e. The normalized spacial score (nSPS) is 15.1. The van der Waals surface area contributed by atoms with E-state index in [0.29, 0.717) is 68.9 Å². The minimum atomic E-state index is -0.996. The van der Waals surface area contributed by atoms with Crippen molar-refractivity contribution in [2.45, 2.75) is 31.9 Å². The van der Waals surface area contributed by atoms with Gasteiger partial charge in [-0.3, -0.25) is 4.90 Å². The molecule has 1 aliphatic heterocycles. The number of hydrogen-bond donors (Lipinski definition) is 1. The molecule has 2 heterocycles. The summed E-state index contributed by atoms with van der Waals surface area (Å²) in [6.07, 6.45) is 2.06. The SMILES string of the molecule is O=C(O)c1cc(C#Cc2ccc(OCc3c(-c4c(Cl)cccc4Cl)noc3C3CC3)cc2Cl)cc(CN2CCOCC2)c1. The molecule has 2 fully saturated rings. The molecule has 3 aromatic carbocycles. The summed E-state index contributed by atoms with van der Waals surface area (Å²) in [5.41, 5.74) is 4.27. The third kappa shape index (κ3) is 7.01. The Balaban J connectivity index is 1.20. The van der Waals surface area contributed by atoms with Crippen LogP contribution in [0.25, 0.3) is 11.3 Å². The Labute approximate surface area is 264 Å². The lowest BCUT2D eigenvalue weighted by Crippen LogP contribution is -2.35. The molecule has 0 radical (unpaired) electrons. The average Bonchev–Trinajstić information content (AvgIpc) is 3.76. The molecule has 7 nitrogen and oxygen atoms in total. The zero-order valence-corrected chi connectivity index (χ0v) is 25.3. The van der Waals surface area contributed by atoms with Gasteiger partial charge in [0, 0.05) is 48.3 Å². The van der Waals surface area contributed by atoms with E-state index in [9.17, 15) is 9.90 Å². The van der Waals surface area contributed by atoms with Crippen LogP contribution in [0, 0.1) is 11.8 Å². The molecule has 1 saturated carbocycles. The maximum absolute atomic E-state index is 11.8. The van der Waals surface area contributed by atoms with Crippen LogP contribution in [0.4, 0.5) is 0 Å². The Morgan fingerprint density at radius 3 is 2.47 bits per heavy atom. The van der Waals surface area contributed by atoms with Crippen LogP contribution >= 0.6 is 34.8 Å². The Morgan fingerprint density at radius 1 is 1.00 bits per heavy atom. The molecular formula is C33H27Cl3N2O5. The number of benzene rings is 3. The summed E-state index contributed by atoms with van der Waals surface area (Å²) < 4.78 is 17.3. The summed E-state index contributed by atoms with van der Waals surface area (Å²) in [7, 11) is 0. The van der Waals surface area contributed by atoms with E-state index in [1.54, 1.807) is 48.5 Å². The molecule has 0 atom stereocenters. The third-order valence-corrected chi connectivity index (χ3v) is 8.32. The zero-order valence-electron chi connectivity index (χ0n) is 23.0. The maximum Gasteiger partial charge on any atom is 0.335 e. The van der Waals surface area contributed by atoms with Crippen LogP contribution in [0.3, 0.4) is 0 Å². The fourth-order valence-corrected chi connectivity index (χ4v) is 5.82. The molecular weight excluding hydrogens is 611 g/mol. The Bertz CT molecular complexity index is 1710. The highest BCUT2D eigenvalue weighted by Gasteiger charge is 2.33. The lowest BCUT2D eigenvalue weighted by molar-refractivity contribution is 0.0341. The minimum Gasteiger partial charge on any atom is -0.489 e. The second-order valence-electron chi connectivity index (χ2n) is 10.5. The minimum absolute atomic E-state index is 0.196. The van der Waals surface area contributed by atoms with Crippen molar-refractivity contribution in [3.05, 3.63) is 103 Å². The first-order chi connectivity index (χ1) is 20.9. The van der Waals surface area contributed by atoms with Crippen molar-refractivity contribution in [2.24, 2.45) is 0 Å². The van der Waals surface area contributed by atoms with Gasteiger partial charge in [-0.25, -0.2) is 4.79 Å². The fraction of sp³-hybridized carbons (Fsp3) is 0.273. The van der Waals surface area contributed by atoms with Crippen LogP contribution in [-0.2, 0) is 17.9 Å². The molecule has 0 spiro atoms. The predicted octanol–water partition coefficient (Wildman–Crippen LogP) is 7.69. The van der Waals surface area contributed by atoms with Crippen molar-refractivity contribution >= 4 is 40.8 Å². The molecule has 1 saturated heterocycles. The second-order valence-corrected chi connectivity index (χ2v) is 11.8. The van der Waals surface area contributed by atoms with Crippen LogP contribution in [0.2, 0.25) is 15.1 Å². The number of morpholine rings is 1. The van der Waals surface area contributed by atoms with E-state index in [1.807, 2.05) is 6.07 Å². The number of aromatic nitrogens is 1. The molecule has 43 heavy (non-hydrogen) atoms. The summed E-state index contributed by atoms with van der Waals surface area (Å²) in [4.78, 5) is 14.0. The zero-order chi connectivity index (χ0) is 29.9. The molecule has 1 aromatic heterocycles. The molecule has 6 rings (SSSR count). The molecule has 0 unspecified atom stereocenters. The highest BCUT2D eigenvalue weighted by atomic mass is 35.5. The number of nitrogens with zero attached hydrogens (tertiary/aromatic N) is 2. The van der Waals surface area contributed by atoms with Gasteiger partial charge in [0.05, 0.1) is 39.4 Å². The van der Waals surface area contributed by atoms with Gasteiger partial charge in [0.2, 0.25) is 0 Å². The van der Waals surface area contributed by atoms with Crippen LogP contribution in [-0.4, -0.2) is 47.4 Å². The van der Waals surface area contributed by atoms with Crippen molar-refractivity contribution < 1.29 is 23.9 Å². The monoisotopic (exact) mass is 636 g/mol. The Hall–Kier alpha value is -3.51. The number of aromatic carboxylic acids is 1. The topological polar surface area (TPSA) is 85.0 Å². The van der Waals surface area contributed by atoms with Gasteiger partial charge in [0.1, 0.15) is 23.8 Å². The quantitative estimate of drug-likeness (QED) is 0.198. The Kier molecular flexibility index (Phi) is 8.94. The van der Waals surface area contributed by atoms with E-state index in [4.69, 9.17) is 48.8 Å². The molecule has 10 heteroatoms. The second kappa shape index (κ2) is 13.0. The smallest absolute Gasteiger partial charge is 0.335 e. The van der Waals surface area contributed by atoms with Crippen LogP contribution in [0.15, 0.2) is 59.1 Å². The number of ether oxygens (including phenoxy) is 2. The van der Waals surface area contributed by atoms with Crippen molar-refractivity contribution in [1.82, 2.24) is 10.1 Å². The summed E-state index contributed by atoms with van der Waals surface area (Å²) >= 11 is 19.5. The fourth-order valence-electron chi connectivity index (χ4n) is 5.03. The summed E-state index contributed by atoms with van der Waals surface area (Å²) in [6, 6.07) is 15.8. The number of halogens is 3. The summed E-state index contributed by atoms with van der Waals surface area (Å²) in [6.45, 7) is 3.77. The number of carbonyl (C=O) groups is 1. The summed E-state index contributed by atoms with van der Waals surface area (Å²) in [5, 5.41) is 15.3. The number of rotatable bonds is 8. The van der Waals surface area contributed by atoms with Crippen molar-refractivity contribution in [3.63, 3.8) is 0 Å². The van der Waals surface area contributed by atoms with E-state index in [2.05, 4.69) is 21.9 Å². The predicted molar refractivity (Wildman–Crippen MR) is 165 cm³/mol. The van der Waals surface area contributed by atoms with Gasteiger partial charge in [-0.2, -0.15) is 0 Å². The highest BCUT2D eigenvalue weighted by Crippen LogP contribution is 2.46. The van der Waals surface area contributed by atoms with Crippen molar-refractivity contribution in [2.75, 3.05) is 26.3 Å². The van der Waals surface area contributed by atoms with E-state index in [1.165, 1.54) is 0 Å². The van der Waals surface area contributed by atoms with Gasteiger partial charge >= 0.3 is 5.97 Å². The molecule has 0 amide bonds. The first-order valence-electron chi connectivity index (χ1n) is 13.9. The van der Waals surface area contributed by atoms with Gasteiger partial charge in [-0.15, -0.1) is 0 Å². The highest BCUT2D eigenvalue weighted by molar-refractivity contribution is 6.39. The van der Waals surface area contributed by atoms with Crippen LogP contribution < -0.4 is 4.74 Å². The van der Waals surface area contributed by atoms with Crippen molar-refractivity contribution in [1.29, 1.82) is 0 Å². The maximum atomic E-state index is 11.8. The third-order valence-electron chi connectivity index (χ3n) is 7.38. The Morgan fingerprint density at radius 2 is 1.77 bits per heavy atom. The summed E-state index contributed by atoms with van der Waals surface area (Å²) in [5.74, 6) is 6.81. The van der Waals surface area contributed by atoms with E-state index < -0.39 is 5.97 Å². The lowest BCUT2D eigenvalue weighted by atomic mass is 10.0. The molecule has 0 bridgehead atoms. The average molecular weight is 638 g/mol. The first kappa shape index (κ1) is 29.6. The van der Waals surface area contributed by atoms with Gasteiger partial charge < -0.3 is 19.1 Å². The van der Waals surface area contributed by atoms with Crippen molar-refractivity contribution in [3.8, 4) is 28.8 Å². The number of hydrogen-bond acceptors (Lipinski definition) is 6. The van der Waals surface area contributed by atoms with Crippen LogP contribution in [0.5, 0.6) is 5.75 Å². The molecule has 2 aliphatic rings. The molecule has 1 N–H and O–H groups in total. The van der Waals surface area contributed by atoms with Gasteiger partial charge in [0.15, 0.2) is 0 Å². The van der Waals surface area contributed by atoms with E-state index >= 15 is 0 Å². The van der Waals surface area contributed by atoms with Crippen LogP contribution in [0.1, 0.15) is 57.1 Å². The van der Waals surface area contributed by atoms with Gasteiger partial charge in [-0.1, -0.05) is 57.9 Å².